The Bertz CT molecular complexity index is 814. The van der Waals surface area contributed by atoms with Crippen LogP contribution in [0.3, 0.4) is 0 Å². The maximum Gasteiger partial charge on any atom is 0.303 e. The van der Waals surface area contributed by atoms with E-state index in [1.807, 2.05) is 0 Å². The van der Waals surface area contributed by atoms with Crippen molar-refractivity contribution in [3.8, 4) is 0 Å². The van der Waals surface area contributed by atoms with Crippen LogP contribution in [-0.4, -0.2) is 50.5 Å². The molecule has 4 amide bonds. The predicted molar refractivity (Wildman–Crippen MR) is 98.2 cm³/mol. The van der Waals surface area contributed by atoms with Crippen molar-refractivity contribution in [1.82, 2.24) is 15.5 Å². The number of amides is 4. The van der Waals surface area contributed by atoms with E-state index in [1.165, 1.54) is 11.3 Å². The minimum Gasteiger partial charge on any atom is -0.300 e. The van der Waals surface area contributed by atoms with Crippen LogP contribution in [0.1, 0.15) is 25.8 Å². The van der Waals surface area contributed by atoms with E-state index in [4.69, 9.17) is 0 Å². The number of amidine groups is 1. The molecule has 10 nitrogen and oxygen atoms in total. The molecule has 2 N–H and O–H groups in total. The second-order valence-electron chi connectivity index (χ2n) is 5.59. The lowest BCUT2D eigenvalue weighted by atomic mass is 10.1. The van der Waals surface area contributed by atoms with E-state index < -0.39 is 23.4 Å². The number of hydrogen-bond donors (Lipinski definition) is 2. The Kier molecular flexibility index (Phi) is 6.69. The summed E-state index contributed by atoms with van der Waals surface area (Å²) in [6, 6.07) is 0. The molecule has 138 valence electrons. The molecular formula is C14H16N6O4S2. The Morgan fingerprint density at radius 3 is 2.65 bits per heavy atom. The largest absolute Gasteiger partial charge is 0.303 e. The van der Waals surface area contributed by atoms with Crippen LogP contribution in [0.2, 0.25) is 0 Å². The summed E-state index contributed by atoms with van der Waals surface area (Å²) < 4.78 is 0. The normalized spacial score (nSPS) is 15.8. The first-order valence-corrected chi connectivity index (χ1v) is 9.33. The van der Waals surface area contributed by atoms with Crippen LogP contribution in [0.25, 0.3) is 0 Å². The lowest BCUT2D eigenvalue weighted by Crippen LogP contribution is -2.44. The zero-order valence-electron chi connectivity index (χ0n) is 14.2. The van der Waals surface area contributed by atoms with Crippen molar-refractivity contribution < 1.29 is 19.2 Å². The topological polar surface area (TPSA) is 143 Å². The molecule has 0 saturated carbocycles. The molecule has 2 heterocycles. The van der Waals surface area contributed by atoms with E-state index in [9.17, 15) is 19.2 Å². The maximum absolute atomic E-state index is 11.9. The smallest absolute Gasteiger partial charge is 0.300 e. The van der Waals surface area contributed by atoms with Crippen molar-refractivity contribution in [3.05, 3.63) is 5.01 Å². The van der Waals surface area contributed by atoms with Gasteiger partial charge in [-0.1, -0.05) is 36.9 Å². The van der Waals surface area contributed by atoms with Crippen LogP contribution in [0, 0.1) is 5.92 Å². The molecule has 1 aromatic heterocycles. The van der Waals surface area contributed by atoms with E-state index in [2.05, 4.69) is 44.7 Å². The summed E-state index contributed by atoms with van der Waals surface area (Å²) in [4.78, 5) is 53.2. The number of rotatable bonds is 5. The summed E-state index contributed by atoms with van der Waals surface area (Å²) in [6.07, 6.45) is 0.775. The molecule has 1 aliphatic heterocycles. The third kappa shape index (κ3) is 5.81. The molecule has 0 aliphatic carbocycles. The van der Waals surface area contributed by atoms with Gasteiger partial charge in [-0.05, 0) is 5.92 Å². The van der Waals surface area contributed by atoms with Crippen molar-refractivity contribution in [1.29, 1.82) is 0 Å². The van der Waals surface area contributed by atoms with Gasteiger partial charge in [0.05, 0.1) is 5.75 Å². The number of thioether (sulfide) groups is 1. The number of aliphatic imine (C=N–C) groups is 2. The average molecular weight is 396 g/mol. The third-order valence-corrected chi connectivity index (χ3v) is 4.48. The van der Waals surface area contributed by atoms with E-state index in [-0.39, 0.29) is 16.8 Å². The number of carbonyl (C=O) groups excluding carboxylic acids is 4. The number of hydrogen-bond acceptors (Lipinski definition) is 8. The minimum absolute atomic E-state index is 0.0320. The molecular weight excluding hydrogens is 380 g/mol. The summed E-state index contributed by atoms with van der Waals surface area (Å²) >= 11 is 2.16. The molecule has 0 fully saturated rings. The van der Waals surface area contributed by atoms with Gasteiger partial charge >= 0.3 is 5.91 Å². The Morgan fingerprint density at radius 1 is 1.31 bits per heavy atom. The Hall–Kier alpha value is -2.47. The van der Waals surface area contributed by atoms with Crippen LogP contribution < -0.4 is 10.6 Å². The van der Waals surface area contributed by atoms with E-state index in [0.717, 1.165) is 30.1 Å². The molecule has 0 radical (unpaired) electrons. The van der Waals surface area contributed by atoms with Gasteiger partial charge in [-0.3, -0.25) is 29.8 Å². The monoisotopic (exact) mass is 396 g/mol. The van der Waals surface area contributed by atoms with Crippen LogP contribution in [0.4, 0.5) is 5.13 Å². The van der Waals surface area contributed by atoms with Crippen LogP contribution in [0.15, 0.2) is 9.98 Å². The van der Waals surface area contributed by atoms with E-state index in [1.54, 1.807) is 0 Å². The Labute approximate surface area is 157 Å². The third-order valence-electron chi connectivity index (χ3n) is 2.75. The molecule has 1 aliphatic rings. The zero-order valence-corrected chi connectivity index (χ0v) is 15.9. The number of anilines is 1. The standard InChI is InChI=1S/C14H16N6O4S2/c1-6(2)4-9-19-20-14(26-9)16-8(22)5-25-13-17-11(23)10(12(24)18-13)15-7(3)21/h6H,4-5H2,1-3H3,(H,16,20,22)(H,17,18,23,24). The van der Waals surface area contributed by atoms with E-state index >= 15 is 0 Å². The highest BCUT2D eigenvalue weighted by molar-refractivity contribution is 8.14. The van der Waals surface area contributed by atoms with Gasteiger partial charge in [0.2, 0.25) is 16.9 Å². The molecule has 0 bridgehead atoms. The SMILES string of the molecule is CC(=O)N=C1C(=O)N=C(SCC(=O)Nc2nnc(CC(C)C)s2)NC1=O. The number of aromatic nitrogens is 2. The van der Waals surface area contributed by atoms with Crippen LogP contribution in [0.5, 0.6) is 0 Å². The van der Waals surface area contributed by atoms with Gasteiger partial charge in [0.15, 0.2) is 10.9 Å². The van der Waals surface area contributed by atoms with Crippen LogP contribution in [-0.2, 0) is 25.6 Å². The first kappa shape index (κ1) is 19.8. The molecule has 0 saturated heterocycles. The van der Waals surface area contributed by atoms with Crippen molar-refractivity contribution in [2.45, 2.75) is 27.2 Å². The van der Waals surface area contributed by atoms with Crippen LogP contribution >= 0.6 is 23.1 Å². The highest BCUT2D eigenvalue weighted by atomic mass is 32.2. The Morgan fingerprint density at radius 2 is 2.04 bits per heavy atom. The van der Waals surface area contributed by atoms with Gasteiger partial charge in [0.25, 0.3) is 5.91 Å². The van der Waals surface area contributed by atoms with Gasteiger partial charge in [0.1, 0.15) is 5.01 Å². The van der Waals surface area contributed by atoms with Gasteiger partial charge in [0, 0.05) is 13.3 Å². The summed E-state index contributed by atoms with van der Waals surface area (Å²) in [5, 5.41) is 14.0. The molecule has 1 aromatic rings. The maximum atomic E-state index is 11.9. The minimum atomic E-state index is -0.922. The molecule has 26 heavy (non-hydrogen) atoms. The highest BCUT2D eigenvalue weighted by Crippen LogP contribution is 2.18. The molecule has 0 spiro atoms. The number of nitrogens with one attached hydrogen (secondary N) is 2. The second kappa shape index (κ2) is 8.76. The van der Waals surface area contributed by atoms with Crippen molar-refractivity contribution >= 4 is 62.7 Å². The first-order valence-electron chi connectivity index (χ1n) is 7.53. The number of nitrogens with zero attached hydrogens (tertiary/aromatic N) is 4. The van der Waals surface area contributed by atoms with Gasteiger partial charge in [-0.15, -0.1) is 10.2 Å². The molecule has 12 heteroatoms. The fourth-order valence-electron chi connectivity index (χ4n) is 1.78. The lowest BCUT2D eigenvalue weighted by molar-refractivity contribution is -0.119. The molecule has 0 aromatic carbocycles. The first-order chi connectivity index (χ1) is 12.2. The predicted octanol–water partition coefficient (Wildman–Crippen LogP) is 0.408. The van der Waals surface area contributed by atoms with Crippen molar-refractivity contribution in [2.24, 2.45) is 15.9 Å². The van der Waals surface area contributed by atoms with Crippen molar-refractivity contribution in [2.75, 3.05) is 11.1 Å². The summed E-state index contributed by atoms with van der Waals surface area (Å²) in [6.45, 7) is 5.23. The molecule has 0 unspecified atom stereocenters. The Balaban J connectivity index is 1.89. The number of carbonyl (C=O) groups is 4. The lowest BCUT2D eigenvalue weighted by Gasteiger charge is -2.12. The van der Waals surface area contributed by atoms with Gasteiger partial charge in [-0.2, -0.15) is 4.99 Å². The summed E-state index contributed by atoms with van der Waals surface area (Å²) in [7, 11) is 0. The highest BCUT2D eigenvalue weighted by Gasteiger charge is 2.28. The van der Waals surface area contributed by atoms with E-state index in [0.29, 0.717) is 11.0 Å². The fourth-order valence-corrected chi connectivity index (χ4v) is 3.40. The second-order valence-corrected chi connectivity index (χ2v) is 7.62. The van der Waals surface area contributed by atoms with Crippen molar-refractivity contribution in [3.63, 3.8) is 0 Å². The average Bonchev–Trinajstić information content (AvgIpc) is 2.94. The van der Waals surface area contributed by atoms with Gasteiger partial charge < -0.3 is 0 Å². The van der Waals surface area contributed by atoms with Gasteiger partial charge in [-0.25, -0.2) is 4.99 Å². The summed E-state index contributed by atoms with van der Waals surface area (Å²) in [5.41, 5.74) is -0.571. The quantitative estimate of drug-likeness (QED) is 0.733. The summed E-state index contributed by atoms with van der Waals surface area (Å²) in [5.74, 6) is -2.47. The fraction of sp³-hybridized carbons (Fsp3) is 0.429. The zero-order chi connectivity index (χ0) is 19.3. The molecule has 0 atom stereocenters. The molecule has 2 rings (SSSR count).